The van der Waals surface area contributed by atoms with Crippen LogP contribution in [0.3, 0.4) is 0 Å². The van der Waals surface area contributed by atoms with E-state index in [0.29, 0.717) is 5.92 Å². The number of anilines is 3. The highest BCUT2D eigenvalue weighted by Crippen LogP contribution is 2.39. The van der Waals surface area contributed by atoms with Gasteiger partial charge in [-0.05, 0) is 25.7 Å². The molecule has 1 saturated carbocycles. The van der Waals surface area contributed by atoms with Crippen molar-refractivity contribution in [3.05, 3.63) is 18.2 Å². The fourth-order valence-electron chi connectivity index (χ4n) is 3.62. The van der Waals surface area contributed by atoms with Crippen molar-refractivity contribution in [1.82, 2.24) is 19.3 Å². The van der Waals surface area contributed by atoms with Crippen molar-refractivity contribution in [3.8, 4) is 0 Å². The largest absolute Gasteiger partial charge is 0.356 e. The molecule has 0 bridgehead atoms. The molecule has 132 valence electrons. The molecule has 1 aliphatic carbocycles. The molecule has 2 saturated heterocycles. The Morgan fingerprint density at radius 2 is 1.48 bits per heavy atom. The Balaban J connectivity index is 1.24. The third-order valence-corrected chi connectivity index (χ3v) is 6.11. The van der Waals surface area contributed by atoms with Gasteiger partial charge in [-0.3, -0.25) is 0 Å². The lowest BCUT2D eigenvalue weighted by molar-refractivity contribution is 0.644. The van der Waals surface area contributed by atoms with Crippen LogP contribution in [0.4, 0.5) is 16.8 Å². The molecule has 3 aliphatic rings. The lowest BCUT2D eigenvalue weighted by Crippen LogP contribution is -2.46. The zero-order valence-corrected chi connectivity index (χ0v) is 15.2. The maximum absolute atomic E-state index is 4.74. The first-order valence-electron chi connectivity index (χ1n) is 9.27. The van der Waals surface area contributed by atoms with Gasteiger partial charge in [0.05, 0.1) is 0 Å². The fraction of sp³-hybridized carbons (Fsp3) is 0.647. The van der Waals surface area contributed by atoms with E-state index in [4.69, 9.17) is 4.98 Å². The summed E-state index contributed by atoms with van der Waals surface area (Å²) in [5, 5.41) is 1.09. The van der Waals surface area contributed by atoms with Gasteiger partial charge in [-0.1, -0.05) is 0 Å². The average molecular weight is 357 g/mol. The van der Waals surface area contributed by atoms with E-state index in [2.05, 4.69) is 35.1 Å². The smallest absolute Gasteiger partial charge is 0.205 e. The monoisotopic (exact) mass is 357 g/mol. The quantitative estimate of drug-likeness (QED) is 0.831. The van der Waals surface area contributed by atoms with E-state index >= 15 is 0 Å². The van der Waals surface area contributed by atoms with Gasteiger partial charge in [-0.25, -0.2) is 15.0 Å². The summed E-state index contributed by atoms with van der Waals surface area (Å²) in [6.07, 6.45) is 6.77. The van der Waals surface area contributed by atoms with Crippen LogP contribution >= 0.6 is 11.5 Å². The van der Waals surface area contributed by atoms with Gasteiger partial charge in [0.15, 0.2) is 0 Å². The predicted molar refractivity (Wildman–Crippen MR) is 99.8 cm³/mol. The molecule has 25 heavy (non-hydrogen) atoms. The summed E-state index contributed by atoms with van der Waals surface area (Å²) in [6, 6.07) is 2.15. The summed E-state index contributed by atoms with van der Waals surface area (Å²) >= 11 is 1.55. The van der Waals surface area contributed by atoms with Crippen LogP contribution in [0.25, 0.3) is 0 Å². The fourth-order valence-corrected chi connectivity index (χ4v) is 4.42. The van der Waals surface area contributed by atoms with Crippen molar-refractivity contribution < 1.29 is 0 Å². The standard InChI is InChI=1S/C17H23N7S/c1-2-6-22(5-1)14-11-15(19-12-18-14)23-7-9-24(10-8-23)17-20-16(21-25-17)13-3-4-13/h11-13H,1-10H2. The van der Waals surface area contributed by atoms with Gasteiger partial charge < -0.3 is 14.7 Å². The minimum Gasteiger partial charge on any atom is -0.356 e. The SMILES string of the molecule is c1nc(N2CCCC2)cc(N2CCN(c3nc(C4CC4)ns3)CC2)n1. The summed E-state index contributed by atoms with van der Waals surface area (Å²) in [7, 11) is 0. The van der Waals surface area contributed by atoms with Crippen LogP contribution in [0, 0.1) is 0 Å². The van der Waals surface area contributed by atoms with Gasteiger partial charge in [0.1, 0.15) is 23.8 Å². The molecule has 5 rings (SSSR count). The predicted octanol–water partition coefficient (Wildman–Crippen LogP) is 2.13. The van der Waals surface area contributed by atoms with Gasteiger partial charge in [-0.15, -0.1) is 0 Å². The van der Waals surface area contributed by atoms with Gasteiger partial charge in [-0.2, -0.15) is 4.37 Å². The number of rotatable bonds is 4. The van der Waals surface area contributed by atoms with Crippen LogP contribution in [0.1, 0.15) is 37.4 Å². The van der Waals surface area contributed by atoms with Crippen LogP contribution in [0.15, 0.2) is 12.4 Å². The van der Waals surface area contributed by atoms with Gasteiger partial charge >= 0.3 is 0 Å². The van der Waals surface area contributed by atoms with Crippen molar-refractivity contribution in [1.29, 1.82) is 0 Å². The summed E-state index contributed by atoms with van der Waals surface area (Å²) in [6.45, 7) is 6.11. The van der Waals surface area contributed by atoms with E-state index in [9.17, 15) is 0 Å². The molecular formula is C17H23N7S. The van der Waals surface area contributed by atoms with Gasteiger partial charge in [0.2, 0.25) is 5.13 Å². The Kier molecular flexibility index (Phi) is 3.92. The van der Waals surface area contributed by atoms with Crippen LogP contribution in [-0.2, 0) is 0 Å². The summed E-state index contributed by atoms with van der Waals surface area (Å²) < 4.78 is 4.54. The summed E-state index contributed by atoms with van der Waals surface area (Å²) in [4.78, 5) is 20.8. The van der Waals surface area contributed by atoms with E-state index in [1.165, 1.54) is 25.7 Å². The summed E-state index contributed by atoms with van der Waals surface area (Å²) in [5.41, 5.74) is 0. The highest BCUT2D eigenvalue weighted by molar-refractivity contribution is 7.09. The van der Waals surface area contributed by atoms with Crippen molar-refractivity contribution in [2.45, 2.75) is 31.6 Å². The summed E-state index contributed by atoms with van der Waals surface area (Å²) in [5.74, 6) is 3.82. The zero-order chi connectivity index (χ0) is 16.6. The first kappa shape index (κ1) is 15.3. The van der Waals surface area contributed by atoms with E-state index in [1.807, 2.05) is 0 Å². The molecule has 7 nitrogen and oxygen atoms in total. The van der Waals surface area contributed by atoms with Crippen molar-refractivity contribution >= 4 is 28.3 Å². The first-order chi connectivity index (χ1) is 12.4. The Bertz CT molecular complexity index is 730. The Hall–Kier alpha value is -1.96. The third-order valence-electron chi connectivity index (χ3n) is 5.32. The minimum atomic E-state index is 0.635. The zero-order valence-electron chi connectivity index (χ0n) is 14.3. The van der Waals surface area contributed by atoms with Crippen LogP contribution in [-0.4, -0.2) is 58.6 Å². The number of hydrogen-bond acceptors (Lipinski definition) is 8. The third kappa shape index (κ3) is 3.15. The second-order valence-corrected chi connectivity index (χ2v) is 7.84. The topological polar surface area (TPSA) is 61.3 Å². The number of aromatic nitrogens is 4. The molecule has 0 unspecified atom stereocenters. The second kappa shape index (κ2) is 6.40. The average Bonchev–Trinajstić information content (AvgIpc) is 3.17. The van der Waals surface area contributed by atoms with Gasteiger partial charge in [0.25, 0.3) is 0 Å². The number of hydrogen-bond donors (Lipinski definition) is 0. The van der Waals surface area contributed by atoms with E-state index < -0.39 is 0 Å². The Morgan fingerprint density at radius 1 is 0.840 bits per heavy atom. The maximum Gasteiger partial charge on any atom is 0.205 e. The molecule has 0 aromatic carbocycles. The molecule has 0 radical (unpaired) electrons. The molecule has 2 aliphatic heterocycles. The van der Waals surface area contributed by atoms with Crippen molar-refractivity contribution in [2.75, 3.05) is 54.0 Å². The van der Waals surface area contributed by atoms with Crippen molar-refractivity contribution in [3.63, 3.8) is 0 Å². The van der Waals surface area contributed by atoms with E-state index in [-0.39, 0.29) is 0 Å². The number of piperazine rings is 1. The molecule has 0 atom stereocenters. The first-order valence-corrected chi connectivity index (χ1v) is 10.0. The molecule has 3 fully saturated rings. The molecular weight excluding hydrogens is 334 g/mol. The highest BCUT2D eigenvalue weighted by Gasteiger charge is 2.29. The van der Waals surface area contributed by atoms with E-state index in [0.717, 1.165) is 61.9 Å². The Labute approximate surface area is 151 Å². The van der Waals surface area contributed by atoms with Crippen molar-refractivity contribution in [2.24, 2.45) is 0 Å². The van der Waals surface area contributed by atoms with Crippen LogP contribution in [0.5, 0.6) is 0 Å². The minimum absolute atomic E-state index is 0.635. The highest BCUT2D eigenvalue weighted by atomic mass is 32.1. The van der Waals surface area contributed by atoms with Crippen LogP contribution in [0.2, 0.25) is 0 Å². The molecule has 0 amide bonds. The molecule has 2 aromatic heterocycles. The maximum atomic E-state index is 4.74. The molecule has 0 N–H and O–H groups in total. The molecule has 2 aromatic rings. The number of nitrogens with zero attached hydrogens (tertiary/aromatic N) is 7. The molecule has 0 spiro atoms. The van der Waals surface area contributed by atoms with Gasteiger partial charge in [0, 0.05) is 62.8 Å². The normalized spacial score (nSPS) is 21.2. The van der Waals surface area contributed by atoms with Crippen LogP contribution < -0.4 is 14.7 Å². The lowest BCUT2D eigenvalue weighted by Gasteiger charge is -2.35. The molecule has 4 heterocycles. The Morgan fingerprint density at radius 3 is 2.16 bits per heavy atom. The lowest BCUT2D eigenvalue weighted by atomic mass is 10.3. The second-order valence-electron chi connectivity index (χ2n) is 7.11. The van der Waals surface area contributed by atoms with E-state index in [1.54, 1.807) is 17.9 Å². The molecule has 8 heteroatoms.